The van der Waals surface area contributed by atoms with E-state index in [0.29, 0.717) is 19.5 Å². The predicted octanol–water partition coefficient (Wildman–Crippen LogP) is 2.25. The first kappa shape index (κ1) is 19.1. The van der Waals surface area contributed by atoms with E-state index >= 15 is 0 Å². The molecule has 1 aliphatic rings. The molecule has 2 amide bonds. The van der Waals surface area contributed by atoms with E-state index in [2.05, 4.69) is 5.32 Å². The quantitative estimate of drug-likeness (QED) is 0.873. The number of nitrogens with zero attached hydrogens (tertiary/aromatic N) is 1. The average molecular weight is 349 g/mol. The van der Waals surface area contributed by atoms with Crippen LogP contribution in [0, 0.1) is 0 Å². The van der Waals surface area contributed by atoms with Crippen LogP contribution >= 0.6 is 0 Å². The van der Waals surface area contributed by atoms with Gasteiger partial charge in [0.2, 0.25) is 0 Å². The van der Waals surface area contributed by atoms with Gasteiger partial charge < -0.3 is 25.4 Å². The van der Waals surface area contributed by atoms with E-state index in [9.17, 15) is 9.59 Å². The molecule has 0 radical (unpaired) electrons. The number of amides is 2. The summed E-state index contributed by atoms with van der Waals surface area (Å²) in [4.78, 5) is 25.6. The van der Waals surface area contributed by atoms with Gasteiger partial charge in [-0.25, -0.2) is 9.59 Å². The standard InChI is InChI=1S/C18H27N3O4/c1-18(2,3)25-16(22)20-15-9-10-21(11-14(15)19)17(23)24-12-13-7-5-4-6-8-13/h4-8,14-15H,9-12,19H2,1-3H3,(H,20,22)/t14-,15?/m0/s1. The molecule has 0 bridgehead atoms. The zero-order chi connectivity index (χ0) is 18.4. The van der Waals surface area contributed by atoms with Gasteiger partial charge in [-0.15, -0.1) is 0 Å². The van der Waals surface area contributed by atoms with Crippen LogP contribution < -0.4 is 11.1 Å². The highest BCUT2D eigenvalue weighted by atomic mass is 16.6. The molecular formula is C18H27N3O4. The van der Waals surface area contributed by atoms with Crippen molar-refractivity contribution in [2.75, 3.05) is 13.1 Å². The van der Waals surface area contributed by atoms with Gasteiger partial charge in [-0.05, 0) is 32.8 Å². The van der Waals surface area contributed by atoms with Gasteiger partial charge in [0.1, 0.15) is 12.2 Å². The first-order chi connectivity index (χ1) is 11.7. The molecule has 0 spiro atoms. The van der Waals surface area contributed by atoms with Gasteiger partial charge in [-0.2, -0.15) is 0 Å². The molecule has 1 heterocycles. The highest BCUT2D eigenvalue weighted by Gasteiger charge is 2.31. The second kappa shape index (κ2) is 8.20. The predicted molar refractivity (Wildman–Crippen MR) is 94.0 cm³/mol. The summed E-state index contributed by atoms with van der Waals surface area (Å²) in [6.45, 7) is 6.44. The van der Waals surface area contributed by atoms with Gasteiger partial charge in [-0.3, -0.25) is 0 Å². The van der Waals surface area contributed by atoms with Crippen LogP contribution in [0.4, 0.5) is 9.59 Å². The number of carbonyl (C=O) groups excluding carboxylic acids is 2. The maximum absolute atomic E-state index is 12.2. The summed E-state index contributed by atoms with van der Waals surface area (Å²) in [6.07, 6.45) is -0.330. The smallest absolute Gasteiger partial charge is 0.410 e. The number of rotatable bonds is 3. The second-order valence-electron chi connectivity index (χ2n) is 7.19. The lowest BCUT2D eigenvalue weighted by atomic mass is 10.0. The van der Waals surface area contributed by atoms with Gasteiger partial charge in [-0.1, -0.05) is 30.3 Å². The van der Waals surface area contributed by atoms with E-state index in [-0.39, 0.29) is 18.7 Å². The molecule has 0 aliphatic carbocycles. The van der Waals surface area contributed by atoms with Crippen molar-refractivity contribution >= 4 is 12.2 Å². The van der Waals surface area contributed by atoms with Crippen LogP contribution in [0.25, 0.3) is 0 Å². The molecule has 1 aliphatic heterocycles. The van der Waals surface area contributed by atoms with Gasteiger partial charge in [0.05, 0.1) is 6.04 Å². The fourth-order valence-corrected chi connectivity index (χ4v) is 2.60. The van der Waals surface area contributed by atoms with Crippen molar-refractivity contribution < 1.29 is 19.1 Å². The van der Waals surface area contributed by atoms with Crippen molar-refractivity contribution in [1.82, 2.24) is 10.2 Å². The Balaban J connectivity index is 1.78. The van der Waals surface area contributed by atoms with Gasteiger partial charge >= 0.3 is 12.2 Å². The Bertz CT molecular complexity index is 586. The molecule has 1 aromatic carbocycles. The second-order valence-corrected chi connectivity index (χ2v) is 7.19. The minimum Gasteiger partial charge on any atom is -0.445 e. The number of carbonyl (C=O) groups is 2. The Morgan fingerprint density at radius 2 is 1.96 bits per heavy atom. The molecule has 3 N–H and O–H groups in total. The van der Waals surface area contributed by atoms with Crippen molar-refractivity contribution in [3.05, 3.63) is 35.9 Å². The SMILES string of the molecule is CC(C)(C)OC(=O)NC1CCN(C(=O)OCc2ccccc2)C[C@@H]1N. The van der Waals surface area contributed by atoms with E-state index in [1.807, 2.05) is 30.3 Å². The summed E-state index contributed by atoms with van der Waals surface area (Å²) in [7, 11) is 0. The lowest BCUT2D eigenvalue weighted by Crippen LogP contribution is -2.59. The zero-order valence-corrected chi connectivity index (χ0v) is 15.0. The van der Waals surface area contributed by atoms with Crippen molar-refractivity contribution in [3.8, 4) is 0 Å². The molecule has 138 valence electrons. The maximum Gasteiger partial charge on any atom is 0.410 e. The van der Waals surface area contributed by atoms with E-state index in [1.54, 1.807) is 25.7 Å². The normalized spacial score (nSPS) is 20.7. The first-order valence-corrected chi connectivity index (χ1v) is 8.45. The molecule has 1 aromatic rings. The number of alkyl carbamates (subject to hydrolysis) is 1. The summed E-state index contributed by atoms with van der Waals surface area (Å²) in [5.41, 5.74) is 6.48. The van der Waals surface area contributed by atoms with Crippen molar-refractivity contribution in [2.45, 2.75) is 51.5 Å². The third-order valence-corrected chi connectivity index (χ3v) is 3.82. The minimum atomic E-state index is -0.559. The molecular weight excluding hydrogens is 322 g/mol. The fraction of sp³-hybridized carbons (Fsp3) is 0.556. The van der Waals surface area contributed by atoms with Crippen LogP contribution in [0.3, 0.4) is 0 Å². The van der Waals surface area contributed by atoms with E-state index in [1.165, 1.54) is 0 Å². The van der Waals surface area contributed by atoms with Crippen LogP contribution in [0.1, 0.15) is 32.8 Å². The molecule has 0 aromatic heterocycles. The Morgan fingerprint density at radius 3 is 2.56 bits per heavy atom. The summed E-state index contributed by atoms with van der Waals surface area (Å²) < 4.78 is 10.6. The third kappa shape index (κ3) is 6.26. The number of nitrogens with two attached hydrogens (primary N) is 1. The molecule has 1 fully saturated rings. The number of likely N-dealkylation sites (tertiary alicyclic amines) is 1. The summed E-state index contributed by atoms with van der Waals surface area (Å²) in [6, 6.07) is 8.90. The number of hydrogen-bond acceptors (Lipinski definition) is 5. The zero-order valence-electron chi connectivity index (χ0n) is 15.0. The van der Waals surface area contributed by atoms with Gasteiger partial charge in [0.15, 0.2) is 0 Å². The monoisotopic (exact) mass is 349 g/mol. The number of ether oxygens (including phenoxy) is 2. The van der Waals surface area contributed by atoms with Crippen LogP contribution in [-0.2, 0) is 16.1 Å². The number of benzene rings is 1. The van der Waals surface area contributed by atoms with Crippen molar-refractivity contribution in [2.24, 2.45) is 5.73 Å². The van der Waals surface area contributed by atoms with Crippen molar-refractivity contribution in [3.63, 3.8) is 0 Å². The number of nitrogens with one attached hydrogen (secondary N) is 1. The van der Waals surface area contributed by atoms with Crippen LogP contribution in [-0.4, -0.2) is 47.9 Å². The summed E-state index contributed by atoms with van der Waals surface area (Å²) >= 11 is 0. The average Bonchev–Trinajstić information content (AvgIpc) is 2.53. The first-order valence-electron chi connectivity index (χ1n) is 8.45. The third-order valence-electron chi connectivity index (χ3n) is 3.82. The Hall–Kier alpha value is -2.28. The molecule has 0 saturated carbocycles. The van der Waals surface area contributed by atoms with E-state index in [4.69, 9.17) is 15.2 Å². The molecule has 25 heavy (non-hydrogen) atoms. The fourth-order valence-electron chi connectivity index (χ4n) is 2.60. The highest BCUT2D eigenvalue weighted by Crippen LogP contribution is 2.14. The number of hydrogen-bond donors (Lipinski definition) is 2. The minimum absolute atomic E-state index is 0.227. The number of piperidine rings is 1. The van der Waals surface area contributed by atoms with Crippen molar-refractivity contribution in [1.29, 1.82) is 0 Å². The Kier molecular flexibility index (Phi) is 6.25. The Labute approximate surface area is 148 Å². The van der Waals surface area contributed by atoms with Crippen LogP contribution in [0.5, 0.6) is 0 Å². The van der Waals surface area contributed by atoms with E-state index < -0.39 is 17.8 Å². The molecule has 7 nitrogen and oxygen atoms in total. The van der Waals surface area contributed by atoms with Gasteiger partial charge in [0, 0.05) is 19.1 Å². The highest BCUT2D eigenvalue weighted by molar-refractivity contribution is 5.69. The topological polar surface area (TPSA) is 93.9 Å². The van der Waals surface area contributed by atoms with E-state index in [0.717, 1.165) is 5.56 Å². The van der Waals surface area contributed by atoms with Crippen LogP contribution in [0.15, 0.2) is 30.3 Å². The molecule has 2 rings (SSSR count). The maximum atomic E-state index is 12.2. The lowest BCUT2D eigenvalue weighted by Gasteiger charge is -2.36. The lowest BCUT2D eigenvalue weighted by molar-refractivity contribution is 0.0455. The molecule has 1 saturated heterocycles. The van der Waals surface area contributed by atoms with Gasteiger partial charge in [0.25, 0.3) is 0 Å². The molecule has 7 heteroatoms. The summed E-state index contributed by atoms with van der Waals surface area (Å²) in [5.74, 6) is 0. The molecule has 2 atom stereocenters. The largest absolute Gasteiger partial charge is 0.445 e. The Morgan fingerprint density at radius 1 is 1.28 bits per heavy atom. The summed E-state index contributed by atoms with van der Waals surface area (Å²) in [5, 5.41) is 2.78. The van der Waals surface area contributed by atoms with Crippen LogP contribution in [0.2, 0.25) is 0 Å². The molecule has 1 unspecified atom stereocenters.